The molecule has 0 radical (unpaired) electrons. The number of benzene rings is 1. The van der Waals surface area contributed by atoms with Crippen LogP contribution in [0.25, 0.3) is 0 Å². The molecule has 1 heterocycles. The molecule has 0 unspecified atom stereocenters. The van der Waals surface area contributed by atoms with E-state index in [0.717, 1.165) is 17.0 Å². The van der Waals surface area contributed by atoms with Crippen molar-refractivity contribution in [3.8, 4) is 0 Å². The van der Waals surface area contributed by atoms with Gasteiger partial charge in [0, 0.05) is 25.7 Å². The fourth-order valence-corrected chi connectivity index (χ4v) is 2.02. The summed E-state index contributed by atoms with van der Waals surface area (Å²) in [5.41, 5.74) is -0.470. The molecule has 1 aromatic carbocycles. The number of imide groups is 1. The minimum absolute atomic E-state index is 0.256. The molecule has 0 N–H and O–H groups in total. The third kappa shape index (κ3) is 2.76. The normalized spacial score (nSPS) is 15.6. The molecular weight excluding hydrogens is 273 g/mol. The Morgan fingerprint density at radius 1 is 1.25 bits per heavy atom. The first-order valence-corrected chi connectivity index (χ1v) is 6.06. The number of nitrogens with zero attached hydrogens (tertiary/aromatic N) is 2. The summed E-state index contributed by atoms with van der Waals surface area (Å²) in [6.07, 6.45) is -3.47. The number of carbonyl (C=O) groups is 2. The molecule has 0 saturated carbocycles. The minimum atomic E-state index is -4.41. The van der Waals surface area contributed by atoms with Crippen LogP contribution >= 0.6 is 0 Å². The molecule has 2 rings (SSSR count). The number of carbonyl (C=O) groups excluding carboxylic acids is 2. The lowest BCUT2D eigenvalue weighted by molar-refractivity contribution is -0.137. The van der Waals surface area contributed by atoms with Crippen molar-refractivity contribution in [3.63, 3.8) is 0 Å². The van der Waals surface area contributed by atoms with Crippen LogP contribution in [0, 0.1) is 0 Å². The second-order valence-corrected chi connectivity index (χ2v) is 4.54. The van der Waals surface area contributed by atoms with Crippen molar-refractivity contribution >= 4 is 17.6 Å². The van der Waals surface area contributed by atoms with Crippen molar-refractivity contribution in [1.82, 2.24) is 4.90 Å². The van der Waals surface area contributed by atoms with E-state index in [9.17, 15) is 22.8 Å². The Morgan fingerprint density at radius 2 is 1.85 bits per heavy atom. The van der Waals surface area contributed by atoms with Crippen molar-refractivity contribution in [1.29, 1.82) is 0 Å². The highest BCUT2D eigenvalue weighted by atomic mass is 19.4. The van der Waals surface area contributed by atoms with Crippen LogP contribution in [0.2, 0.25) is 0 Å². The number of urea groups is 1. The summed E-state index contributed by atoms with van der Waals surface area (Å²) in [5.74, 6) is -0.256. The number of anilines is 1. The second-order valence-electron chi connectivity index (χ2n) is 4.54. The van der Waals surface area contributed by atoms with E-state index in [2.05, 4.69) is 0 Å². The maximum atomic E-state index is 12.4. The van der Waals surface area contributed by atoms with Gasteiger partial charge in [-0.2, -0.15) is 13.2 Å². The van der Waals surface area contributed by atoms with Crippen molar-refractivity contribution < 1.29 is 22.8 Å². The highest BCUT2D eigenvalue weighted by Gasteiger charge is 2.31. The van der Waals surface area contributed by atoms with Crippen LogP contribution in [0.3, 0.4) is 0 Å². The fourth-order valence-electron chi connectivity index (χ4n) is 2.02. The molecule has 108 valence electrons. The zero-order chi connectivity index (χ0) is 14.9. The average Bonchev–Trinajstić information content (AvgIpc) is 2.82. The molecule has 1 fully saturated rings. The van der Waals surface area contributed by atoms with Gasteiger partial charge in [-0.05, 0) is 30.7 Å². The lowest BCUT2D eigenvalue weighted by Gasteiger charge is -2.23. The zero-order valence-corrected chi connectivity index (χ0v) is 10.8. The lowest BCUT2D eigenvalue weighted by atomic mass is 10.2. The van der Waals surface area contributed by atoms with Gasteiger partial charge in [0.2, 0.25) is 5.91 Å². The third-order valence-electron chi connectivity index (χ3n) is 3.17. The van der Waals surface area contributed by atoms with E-state index in [1.54, 1.807) is 0 Å². The highest BCUT2D eigenvalue weighted by molar-refractivity contribution is 6.03. The summed E-state index contributed by atoms with van der Waals surface area (Å²) in [7, 11) is 1.43. The number of likely N-dealkylation sites (tertiary alicyclic amines) is 1. The fraction of sp³-hybridized carbons (Fsp3) is 0.385. The van der Waals surface area contributed by atoms with Crippen LogP contribution in [0.15, 0.2) is 24.3 Å². The second kappa shape index (κ2) is 5.15. The van der Waals surface area contributed by atoms with Gasteiger partial charge in [0.15, 0.2) is 0 Å². The van der Waals surface area contributed by atoms with Gasteiger partial charge in [0.05, 0.1) is 5.56 Å². The molecule has 4 nitrogen and oxygen atoms in total. The van der Waals surface area contributed by atoms with E-state index in [4.69, 9.17) is 0 Å². The lowest BCUT2D eigenvalue weighted by Crippen LogP contribution is -2.41. The largest absolute Gasteiger partial charge is 0.416 e. The Hall–Kier alpha value is -2.05. The molecule has 3 amide bonds. The van der Waals surface area contributed by atoms with Crippen LogP contribution < -0.4 is 4.90 Å². The molecule has 1 saturated heterocycles. The predicted octanol–water partition coefficient (Wildman–Crippen LogP) is 2.88. The van der Waals surface area contributed by atoms with Crippen molar-refractivity contribution in [3.05, 3.63) is 29.8 Å². The van der Waals surface area contributed by atoms with E-state index in [1.165, 1.54) is 24.1 Å². The molecule has 1 aliphatic rings. The molecular formula is C13H13F3N2O2. The van der Waals surface area contributed by atoms with E-state index < -0.39 is 17.8 Å². The number of hydrogen-bond donors (Lipinski definition) is 0. The standard InChI is InChI=1S/C13H13F3N2O2/c1-17(12(20)18-8-2-3-11(18)19)10-6-4-9(5-7-10)13(14,15)16/h4-7H,2-3,8H2,1H3. The van der Waals surface area contributed by atoms with Gasteiger partial charge < -0.3 is 0 Å². The molecule has 0 aliphatic carbocycles. The Morgan fingerprint density at radius 3 is 2.30 bits per heavy atom. The van der Waals surface area contributed by atoms with Crippen LogP contribution in [0.5, 0.6) is 0 Å². The Kier molecular flexibility index (Phi) is 3.69. The van der Waals surface area contributed by atoms with E-state index in [1.807, 2.05) is 0 Å². The van der Waals surface area contributed by atoms with E-state index in [0.29, 0.717) is 25.1 Å². The zero-order valence-electron chi connectivity index (χ0n) is 10.8. The van der Waals surface area contributed by atoms with Crippen molar-refractivity contribution in [2.45, 2.75) is 19.0 Å². The van der Waals surface area contributed by atoms with Crippen LogP contribution in [-0.4, -0.2) is 30.4 Å². The molecule has 0 spiro atoms. The van der Waals surface area contributed by atoms with Crippen LogP contribution in [0.1, 0.15) is 18.4 Å². The van der Waals surface area contributed by atoms with Crippen LogP contribution in [-0.2, 0) is 11.0 Å². The topological polar surface area (TPSA) is 40.6 Å². The minimum Gasteiger partial charge on any atom is -0.297 e. The smallest absolute Gasteiger partial charge is 0.297 e. The SMILES string of the molecule is CN(C(=O)N1CCCC1=O)c1ccc(C(F)(F)F)cc1. The van der Waals surface area contributed by atoms with Gasteiger partial charge in [-0.15, -0.1) is 0 Å². The highest BCUT2D eigenvalue weighted by Crippen LogP contribution is 2.30. The van der Waals surface area contributed by atoms with Gasteiger partial charge in [-0.25, -0.2) is 4.79 Å². The molecule has 0 atom stereocenters. The summed E-state index contributed by atoms with van der Waals surface area (Å²) < 4.78 is 37.3. The third-order valence-corrected chi connectivity index (χ3v) is 3.17. The number of amides is 3. The molecule has 7 heteroatoms. The monoisotopic (exact) mass is 286 g/mol. The number of rotatable bonds is 1. The maximum Gasteiger partial charge on any atom is 0.416 e. The summed E-state index contributed by atoms with van der Waals surface area (Å²) in [6, 6.07) is 3.71. The summed E-state index contributed by atoms with van der Waals surface area (Å²) in [5, 5.41) is 0. The van der Waals surface area contributed by atoms with E-state index >= 15 is 0 Å². The molecule has 20 heavy (non-hydrogen) atoms. The first kappa shape index (κ1) is 14.4. The maximum absolute atomic E-state index is 12.4. The Labute approximate surface area is 113 Å². The Balaban J connectivity index is 2.15. The molecule has 0 bridgehead atoms. The molecule has 0 aromatic heterocycles. The predicted molar refractivity (Wildman–Crippen MR) is 66.2 cm³/mol. The number of alkyl halides is 3. The van der Waals surface area contributed by atoms with Gasteiger partial charge in [0.1, 0.15) is 0 Å². The molecule has 1 aliphatic heterocycles. The molecule has 1 aromatic rings. The summed E-state index contributed by atoms with van der Waals surface area (Å²) >= 11 is 0. The van der Waals surface area contributed by atoms with Gasteiger partial charge in [0.25, 0.3) is 0 Å². The van der Waals surface area contributed by atoms with Gasteiger partial charge in [-0.1, -0.05) is 0 Å². The number of halogens is 3. The van der Waals surface area contributed by atoms with Gasteiger partial charge >= 0.3 is 12.2 Å². The van der Waals surface area contributed by atoms with E-state index in [-0.39, 0.29) is 5.91 Å². The van der Waals surface area contributed by atoms with Crippen molar-refractivity contribution in [2.24, 2.45) is 0 Å². The summed E-state index contributed by atoms with van der Waals surface area (Å²) in [6.45, 7) is 0.350. The Bertz CT molecular complexity index is 525. The quantitative estimate of drug-likeness (QED) is 0.796. The average molecular weight is 286 g/mol. The number of hydrogen-bond acceptors (Lipinski definition) is 2. The first-order valence-electron chi connectivity index (χ1n) is 6.06. The summed E-state index contributed by atoms with van der Waals surface area (Å²) in [4.78, 5) is 25.8. The van der Waals surface area contributed by atoms with Gasteiger partial charge in [-0.3, -0.25) is 14.6 Å². The van der Waals surface area contributed by atoms with Crippen LogP contribution in [0.4, 0.5) is 23.7 Å². The van der Waals surface area contributed by atoms with Crippen molar-refractivity contribution in [2.75, 3.05) is 18.5 Å². The first-order chi connectivity index (χ1) is 9.30.